The molecule has 15 heavy (non-hydrogen) atoms. The molecule has 1 fully saturated rings. The summed E-state index contributed by atoms with van der Waals surface area (Å²) in [6.45, 7) is 10.4. The van der Waals surface area contributed by atoms with Crippen molar-refractivity contribution in [3.63, 3.8) is 0 Å². The van der Waals surface area contributed by atoms with Gasteiger partial charge in [-0.3, -0.25) is 0 Å². The van der Waals surface area contributed by atoms with E-state index in [-0.39, 0.29) is 0 Å². The highest BCUT2D eigenvalue weighted by Gasteiger charge is 2.30. The first-order valence-corrected chi connectivity index (χ1v) is 6.19. The highest BCUT2D eigenvalue weighted by atomic mass is 15.1. The SMILES string of the molecule is CCC(C)(C)C1CCN(CCC#N)CC1. The predicted molar refractivity (Wildman–Crippen MR) is 63.5 cm³/mol. The second-order valence-electron chi connectivity index (χ2n) is 5.37. The van der Waals surface area contributed by atoms with Gasteiger partial charge in [0.15, 0.2) is 0 Å². The summed E-state index contributed by atoms with van der Waals surface area (Å²) in [6, 6.07) is 2.23. The topological polar surface area (TPSA) is 27.0 Å². The molecule has 1 aliphatic heterocycles. The third-order valence-electron chi connectivity index (χ3n) is 4.14. The first kappa shape index (κ1) is 12.5. The van der Waals surface area contributed by atoms with Crippen LogP contribution in [-0.2, 0) is 0 Å². The largest absolute Gasteiger partial charge is 0.302 e. The van der Waals surface area contributed by atoms with Crippen LogP contribution in [-0.4, -0.2) is 24.5 Å². The Labute approximate surface area is 94.3 Å². The van der Waals surface area contributed by atoms with Crippen LogP contribution in [0, 0.1) is 22.7 Å². The van der Waals surface area contributed by atoms with Crippen LogP contribution in [0.4, 0.5) is 0 Å². The molecule has 0 aromatic carbocycles. The minimum Gasteiger partial charge on any atom is -0.302 e. The lowest BCUT2D eigenvalue weighted by Gasteiger charge is -2.40. The van der Waals surface area contributed by atoms with Gasteiger partial charge in [-0.1, -0.05) is 27.2 Å². The quantitative estimate of drug-likeness (QED) is 0.710. The highest BCUT2D eigenvalue weighted by Crippen LogP contribution is 2.37. The van der Waals surface area contributed by atoms with Crippen LogP contribution in [0.3, 0.4) is 0 Å². The Bertz CT molecular complexity index is 219. The number of likely N-dealkylation sites (tertiary alicyclic amines) is 1. The van der Waals surface area contributed by atoms with Crippen molar-refractivity contribution in [2.45, 2.75) is 46.5 Å². The summed E-state index contributed by atoms with van der Waals surface area (Å²) < 4.78 is 0. The van der Waals surface area contributed by atoms with Crippen molar-refractivity contribution in [3.05, 3.63) is 0 Å². The summed E-state index contributed by atoms with van der Waals surface area (Å²) in [5, 5.41) is 8.54. The smallest absolute Gasteiger partial charge is 0.0635 e. The summed E-state index contributed by atoms with van der Waals surface area (Å²) in [4.78, 5) is 2.44. The number of nitrogens with zero attached hydrogens (tertiary/aromatic N) is 2. The Balaban J connectivity index is 2.33. The van der Waals surface area contributed by atoms with E-state index in [0.717, 1.165) is 12.5 Å². The van der Waals surface area contributed by atoms with Gasteiger partial charge in [0.2, 0.25) is 0 Å². The van der Waals surface area contributed by atoms with Crippen molar-refractivity contribution >= 4 is 0 Å². The van der Waals surface area contributed by atoms with Crippen LogP contribution in [0.25, 0.3) is 0 Å². The number of rotatable bonds is 4. The molecule has 0 aliphatic carbocycles. The fraction of sp³-hybridized carbons (Fsp3) is 0.923. The van der Waals surface area contributed by atoms with Gasteiger partial charge in [-0.2, -0.15) is 5.26 Å². The van der Waals surface area contributed by atoms with Gasteiger partial charge in [-0.25, -0.2) is 0 Å². The molecule has 0 radical (unpaired) electrons. The Kier molecular flexibility index (Phi) is 4.60. The molecule has 0 atom stereocenters. The van der Waals surface area contributed by atoms with E-state index in [0.29, 0.717) is 11.8 Å². The van der Waals surface area contributed by atoms with Crippen molar-refractivity contribution in [1.29, 1.82) is 5.26 Å². The zero-order valence-corrected chi connectivity index (χ0v) is 10.4. The van der Waals surface area contributed by atoms with Crippen LogP contribution in [0.2, 0.25) is 0 Å². The van der Waals surface area contributed by atoms with E-state index in [1.54, 1.807) is 0 Å². The van der Waals surface area contributed by atoms with Crippen LogP contribution in [0.15, 0.2) is 0 Å². The summed E-state index contributed by atoms with van der Waals surface area (Å²) >= 11 is 0. The fourth-order valence-electron chi connectivity index (χ4n) is 2.43. The average molecular weight is 208 g/mol. The average Bonchev–Trinajstić information content (AvgIpc) is 2.27. The number of hydrogen-bond donors (Lipinski definition) is 0. The molecule has 0 aromatic heterocycles. The predicted octanol–water partition coefficient (Wildman–Crippen LogP) is 3.05. The van der Waals surface area contributed by atoms with E-state index in [1.165, 1.54) is 32.4 Å². The molecule has 2 heteroatoms. The Hall–Kier alpha value is -0.550. The van der Waals surface area contributed by atoms with E-state index >= 15 is 0 Å². The first-order chi connectivity index (χ1) is 7.10. The Morgan fingerprint density at radius 1 is 1.33 bits per heavy atom. The van der Waals surface area contributed by atoms with E-state index in [4.69, 9.17) is 5.26 Å². The van der Waals surface area contributed by atoms with Gasteiger partial charge in [-0.05, 0) is 37.3 Å². The van der Waals surface area contributed by atoms with E-state index in [1.807, 2.05) is 0 Å². The normalized spacial score (nSPS) is 20.1. The van der Waals surface area contributed by atoms with Crippen LogP contribution >= 0.6 is 0 Å². The third kappa shape index (κ3) is 3.50. The van der Waals surface area contributed by atoms with Crippen molar-refractivity contribution < 1.29 is 0 Å². The molecular weight excluding hydrogens is 184 g/mol. The third-order valence-corrected chi connectivity index (χ3v) is 4.14. The zero-order valence-electron chi connectivity index (χ0n) is 10.4. The van der Waals surface area contributed by atoms with Crippen molar-refractivity contribution in [1.82, 2.24) is 4.90 Å². The van der Waals surface area contributed by atoms with Crippen molar-refractivity contribution in [2.24, 2.45) is 11.3 Å². The molecular formula is C13H24N2. The maximum atomic E-state index is 8.54. The molecule has 1 rings (SSSR count). The second-order valence-corrected chi connectivity index (χ2v) is 5.37. The van der Waals surface area contributed by atoms with E-state index in [2.05, 4.69) is 31.7 Å². The summed E-state index contributed by atoms with van der Waals surface area (Å²) in [5.74, 6) is 0.876. The number of piperidine rings is 1. The standard InChI is InChI=1S/C13H24N2/c1-4-13(2,3)12-6-10-15(11-7-12)9-5-8-14/h12H,4-7,9-11H2,1-3H3. The molecule has 86 valence electrons. The Morgan fingerprint density at radius 3 is 2.40 bits per heavy atom. The molecule has 0 bridgehead atoms. The molecule has 0 amide bonds. The fourth-order valence-corrected chi connectivity index (χ4v) is 2.43. The van der Waals surface area contributed by atoms with E-state index < -0.39 is 0 Å². The first-order valence-electron chi connectivity index (χ1n) is 6.19. The molecule has 1 saturated heterocycles. The maximum absolute atomic E-state index is 8.54. The van der Waals surface area contributed by atoms with Crippen LogP contribution in [0.1, 0.15) is 46.5 Å². The van der Waals surface area contributed by atoms with Gasteiger partial charge in [-0.15, -0.1) is 0 Å². The molecule has 0 saturated carbocycles. The van der Waals surface area contributed by atoms with Crippen molar-refractivity contribution in [3.8, 4) is 6.07 Å². The second kappa shape index (κ2) is 5.51. The summed E-state index contributed by atoms with van der Waals surface area (Å²) in [7, 11) is 0. The van der Waals surface area contributed by atoms with Gasteiger partial charge in [0.25, 0.3) is 0 Å². The number of nitriles is 1. The van der Waals surface area contributed by atoms with Gasteiger partial charge in [0.05, 0.1) is 6.07 Å². The van der Waals surface area contributed by atoms with E-state index in [9.17, 15) is 0 Å². The molecule has 0 aromatic rings. The molecule has 2 nitrogen and oxygen atoms in total. The van der Waals surface area contributed by atoms with Gasteiger partial charge >= 0.3 is 0 Å². The lowest BCUT2D eigenvalue weighted by atomic mass is 9.72. The molecule has 0 unspecified atom stereocenters. The van der Waals surface area contributed by atoms with Crippen LogP contribution < -0.4 is 0 Å². The van der Waals surface area contributed by atoms with Gasteiger partial charge in [0, 0.05) is 13.0 Å². The van der Waals surface area contributed by atoms with Crippen molar-refractivity contribution in [2.75, 3.05) is 19.6 Å². The minimum atomic E-state index is 0.501. The molecule has 1 heterocycles. The zero-order chi connectivity index (χ0) is 11.3. The summed E-state index contributed by atoms with van der Waals surface area (Å²) in [5.41, 5.74) is 0.501. The Morgan fingerprint density at radius 2 is 1.93 bits per heavy atom. The van der Waals surface area contributed by atoms with Gasteiger partial charge in [0.1, 0.15) is 0 Å². The molecule has 0 spiro atoms. The minimum absolute atomic E-state index is 0.501. The molecule has 0 N–H and O–H groups in total. The lowest BCUT2D eigenvalue weighted by Crippen LogP contribution is -2.39. The summed E-state index contributed by atoms with van der Waals surface area (Å²) in [6.07, 6.45) is 4.58. The van der Waals surface area contributed by atoms with Crippen LogP contribution in [0.5, 0.6) is 0 Å². The maximum Gasteiger partial charge on any atom is 0.0635 e. The number of hydrogen-bond acceptors (Lipinski definition) is 2. The monoisotopic (exact) mass is 208 g/mol. The highest BCUT2D eigenvalue weighted by molar-refractivity contribution is 4.83. The molecule has 1 aliphatic rings. The lowest BCUT2D eigenvalue weighted by molar-refractivity contribution is 0.0986. The van der Waals surface area contributed by atoms with Gasteiger partial charge < -0.3 is 4.90 Å².